The Bertz CT molecular complexity index is 491. The van der Waals surface area contributed by atoms with Gasteiger partial charge in [-0.25, -0.2) is 4.98 Å². The van der Waals surface area contributed by atoms with Crippen molar-refractivity contribution in [2.75, 3.05) is 12.3 Å². The lowest BCUT2D eigenvalue weighted by atomic mass is 10.2. The molecule has 0 aliphatic rings. The Balaban J connectivity index is 1.88. The molecule has 0 radical (unpaired) electrons. The summed E-state index contributed by atoms with van der Waals surface area (Å²) in [6.45, 7) is 2.59. The Kier molecular flexibility index (Phi) is 3.43. The normalized spacial score (nSPS) is 12.3. The van der Waals surface area contributed by atoms with Crippen molar-refractivity contribution in [2.24, 2.45) is 0 Å². The maximum atomic E-state index is 11.7. The summed E-state index contributed by atoms with van der Waals surface area (Å²) >= 11 is 1.59. The zero-order chi connectivity index (χ0) is 12.3. The van der Waals surface area contributed by atoms with Crippen LogP contribution in [0.2, 0.25) is 0 Å². The van der Waals surface area contributed by atoms with E-state index in [9.17, 15) is 4.79 Å². The Labute approximate surface area is 103 Å². The fraction of sp³-hybridized carbons (Fsp3) is 0.273. The molecular weight excluding hydrogens is 236 g/mol. The van der Waals surface area contributed by atoms with E-state index in [2.05, 4.69) is 15.3 Å². The van der Waals surface area contributed by atoms with Gasteiger partial charge in [0.2, 0.25) is 0 Å². The highest BCUT2D eigenvalue weighted by Crippen LogP contribution is 2.16. The van der Waals surface area contributed by atoms with Crippen LogP contribution in [-0.2, 0) is 0 Å². The van der Waals surface area contributed by atoms with Crippen molar-refractivity contribution in [2.45, 2.75) is 12.8 Å². The maximum Gasteiger partial charge on any atom is 0.267 e. The van der Waals surface area contributed by atoms with Gasteiger partial charge in [-0.05, 0) is 6.07 Å². The van der Waals surface area contributed by atoms with E-state index in [0.717, 1.165) is 5.01 Å². The smallest absolute Gasteiger partial charge is 0.267 e. The quantitative estimate of drug-likeness (QED) is 0.770. The minimum atomic E-state index is -0.148. The first-order chi connectivity index (χ1) is 8.16. The van der Waals surface area contributed by atoms with Gasteiger partial charge in [-0.15, -0.1) is 11.3 Å². The van der Waals surface area contributed by atoms with E-state index in [1.165, 1.54) is 0 Å². The molecule has 0 saturated carbocycles. The zero-order valence-electron chi connectivity index (χ0n) is 9.43. The number of hydrogen-bond donors (Lipinski definition) is 3. The molecule has 0 aliphatic carbocycles. The topological polar surface area (TPSA) is 83.8 Å². The molecule has 5 nitrogen and oxygen atoms in total. The highest BCUT2D eigenvalue weighted by molar-refractivity contribution is 7.09. The van der Waals surface area contributed by atoms with E-state index in [1.807, 2.05) is 12.3 Å². The average Bonchev–Trinajstić information content (AvgIpc) is 2.95. The van der Waals surface area contributed by atoms with Gasteiger partial charge in [-0.1, -0.05) is 6.92 Å². The van der Waals surface area contributed by atoms with E-state index in [1.54, 1.807) is 29.8 Å². The summed E-state index contributed by atoms with van der Waals surface area (Å²) in [6.07, 6.45) is 3.36. The molecule has 0 bridgehead atoms. The number of nitrogens with zero attached hydrogens (tertiary/aromatic N) is 1. The average molecular weight is 250 g/mol. The first-order valence-corrected chi connectivity index (χ1v) is 6.16. The molecule has 2 heterocycles. The number of nitrogen functional groups attached to an aromatic ring is 1. The molecule has 1 amide bonds. The Morgan fingerprint density at radius 1 is 1.71 bits per heavy atom. The number of nitrogens with two attached hydrogens (primary N) is 1. The number of carbonyl (C=O) groups excluding carboxylic acids is 1. The van der Waals surface area contributed by atoms with E-state index < -0.39 is 0 Å². The number of nitrogens with one attached hydrogen (secondary N) is 2. The number of aromatic amines is 1. The molecule has 2 rings (SSSR count). The van der Waals surface area contributed by atoms with Crippen molar-refractivity contribution in [1.82, 2.24) is 15.3 Å². The van der Waals surface area contributed by atoms with Crippen molar-refractivity contribution in [3.8, 4) is 0 Å². The second kappa shape index (κ2) is 5.01. The Morgan fingerprint density at radius 3 is 3.12 bits per heavy atom. The van der Waals surface area contributed by atoms with Crippen LogP contribution in [0.4, 0.5) is 5.69 Å². The van der Waals surface area contributed by atoms with Crippen LogP contribution in [0.3, 0.4) is 0 Å². The molecule has 2 aromatic heterocycles. The molecule has 1 atom stereocenters. The Hall–Kier alpha value is -1.82. The molecule has 0 fully saturated rings. The third-order valence-corrected chi connectivity index (χ3v) is 3.40. The van der Waals surface area contributed by atoms with E-state index >= 15 is 0 Å². The fourth-order valence-corrected chi connectivity index (χ4v) is 2.15. The van der Waals surface area contributed by atoms with Crippen molar-refractivity contribution in [1.29, 1.82) is 0 Å². The summed E-state index contributed by atoms with van der Waals surface area (Å²) in [7, 11) is 0. The lowest BCUT2D eigenvalue weighted by molar-refractivity contribution is 0.0947. The molecule has 0 aromatic carbocycles. The summed E-state index contributed by atoms with van der Waals surface area (Å²) in [4.78, 5) is 18.7. The number of amides is 1. The van der Waals surface area contributed by atoms with Gasteiger partial charge in [0.1, 0.15) is 5.69 Å². The van der Waals surface area contributed by atoms with Gasteiger partial charge < -0.3 is 16.0 Å². The van der Waals surface area contributed by atoms with E-state index in [-0.39, 0.29) is 11.8 Å². The fourth-order valence-electron chi connectivity index (χ4n) is 1.45. The van der Waals surface area contributed by atoms with Crippen molar-refractivity contribution in [3.63, 3.8) is 0 Å². The minimum Gasteiger partial charge on any atom is -0.397 e. The second-order valence-electron chi connectivity index (χ2n) is 3.83. The van der Waals surface area contributed by atoms with E-state index in [4.69, 9.17) is 5.73 Å². The van der Waals surface area contributed by atoms with Gasteiger partial charge in [0, 0.05) is 35.9 Å². The van der Waals surface area contributed by atoms with Crippen LogP contribution in [-0.4, -0.2) is 22.4 Å². The van der Waals surface area contributed by atoms with Gasteiger partial charge in [0.05, 0.1) is 5.01 Å². The number of anilines is 1. The largest absolute Gasteiger partial charge is 0.397 e. The summed E-state index contributed by atoms with van der Waals surface area (Å²) in [5.41, 5.74) is 6.57. The predicted molar refractivity (Wildman–Crippen MR) is 68.1 cm³/mol. The van der Waals surface area contributed by atoms with Crippen molar-refractivity contribution in [3.05, 3.63) is 34.5 Å². The first-order valence-electron chi connectivity index (χ1n) is 5.28. The molecule has 2 aromatic rings. The first kappa shape index (κ1) is 11.7. The van der Waals surface area contributed by atoms with Gasteiger partial charge in [0.25, 0.3) is 5.91 Å². The number of H-pyrrole nitrogens is 1. The molecular formula is C11H14N4OS. The molecule has 1 unspecified atom stereocenters. The van der Waals surface area contributed by atoms with Crippen LogP contribution in [0.25, 0.3) is 0 Å². The summed E-state index contributed by atoms with van der Waals surface area (Å²) < 4.78 is 0. The molecule has 90 valence electrons. The standard InChI is InChI=1S/C11H14N4OS/c1-7(11-13-2-3-17-11)5-15-10(16)9-4-8(12)6-14-9/h2-4,6-7,14H,5,12H2,1H3,(H,15,16). The van der Waals surface area contributed by atoms with Crippen LogP contribution in [0, 0.1) is 0 Å². The monoisotopic (exact) mass is 250 g/mol. The third kappa shape index (κ3) is 2.85. The van der Waals surface area contributed by atoms with Crippen LogP contribution in [0.5, 0.6) is 0 Å². The number of rotatable bonds is 4. The van der Waals surface area contributed by atoms with Gasteiger partial charge in [-0.2, -0.15) is 0 Å². The maximum absolute atomic E-state index is 11.7. The highest BCUT2D eigenvalue weighted by atomic mass is 32.1. The van der Waals surface area contributed by atoms with E-state index in [0.29, 0.717) is 17.9 Å². The minimum absolute atomic E-state index is 0.148. The Morgan fingerprint density at radius 2 is 2.53 bits per heavy atom. The number of thiazole rings is 1. The second-order valence-corrected chi connectivity index (χ2v) is 4.75. The zero-order valence-corrected chi connectivity index (χ0v) is 10.3. The van der Waals surface area contributed by atoms with Crippen LogP contribution >= 0.6 is 11.3 Å². The van der Waals surface area contributed by atoms with Gasteiger partial charge >= 0.3 is 0 Å². The van der Waals surface area contributed by atoms with Gasteiger partial charge in [0.15, 0.2) is 0 Å². The van der Waals surface area contributed by atoms with Crippen molar-refractivity contribution >= 4 is 22.9 Å². The molecule has 17 heavy (non-hydrogen) atoms. The molecule has 0 spiro atoms. The molecule has 0 aliphatic heterocycles. The lowest BCUT2D eigenvalue weighted by Gasteiger charge is -2.09. The highest BCUT2D eigenvalue weighted by Gasteiger charge is 2.12. The SMILES string of the molecule is CC(CNC(=O)c1cc(N)c[nH]1)c1nccs1. The summed E-state index contributed by atoms with van der Waals surface area (Å²) in [6, 6.07) is 1.61. The predicted octanol–water partition coefficient (Wildman–Crippen LogP) is 1.59. The van der Waals surface area contributed by atoms with Gasteiger partial charge in [-0.3, -0.25) is 4.79 Å². The third-order valence-electron chi connectivity index (χ3n) is 2.39. The molecule has 6 heteroatoms. The molecule has 4 N–H and O–H groups in total. The summed E-state index contributed by atoms with van der Waals surface area (Å²) in [5.74, 6) is 0.0661. The van der Waals surface area contributed by atoms with Crippen LogP contribution in [0.15, 0.2) is 23.8 Å². The lowest BCUT2D eigenvalue weighted by Crippen LogP contribution is -2.27. The molecule has 0 saturated heterocycles. The number of aromatic nitrogens is 2. The van der Waals surface area contributed by atoms with Crippen LogP contribution < -0.4 is 11.1 Å². The van der Waals surface area contributed by atoms with Crippen molar-refractivity contribution < 1.29 is 4.79 Å². The van der Waals surface area contributed by atoms with Crippen LogP contribution in [0.1, 0.15) is 28.3 Å². The number of carbonyl (C=O) groups is 1. The summed E-state index contributed by atoms with van der Waals surface area (Å²) in [5, 5.41) is 5.80. The number of hydrogen-bond acceptors (Lipinski definition) is 4.